The van der Waals surface area contributed by atoms with Crippen LogP contribution in [-0.4, -0.2) is 12.8 Å². The Labute approximate surface area is 112 Å². The maximum Gasteiger partial charge on any atom is 0.0309 e. The van der Waals surface area contributed by atoms with E-state index >= 15 is 0 Å². The van der Waals surface area contributed by atoms with Crippen molar-refractivity contribution in [2.75, 3.05) is 12.8 Å². The van der Waals surface area contributed by atoms with Gasteiger partial charge in [0.2, 0.25) is 0 Å². The molecule has 2 rings (SSSR count). The van der Waals surface area contributed by atoms with Gasteiger partial charge in [-0.2, -0.15) is 0 Å². The third-order valence-electron chi connectivity index (χ3n) is 2.60. The molecule has 1 aliphatic rings. The summed E-state index contributed by atoms with van der Waals surface area (Å²) in [6, 6.07) is 8.64. The van der Waals surface area contributed by atoms with Crippen molar-refractivity contribution in [2.45, 2.75) is 22.6 Å². The van der Waals surface area contributed by atoms with E-state index in [9.17, 15) is 0 Å². The average molecular weight is 263 g/mol. The Balaban J connectivity index is 1.77. The maximum absolute atomic E-state index is 3.40. The molecule has 0 saturated carbocycles. The first kappa shape index (κ1) is 12.8. The van der Waals surface area contributed by atoms with Gasteiger partial charge in [-0.15, -0.1) is 11.8 Å². The highest BCUT2D eigenvalue weighted by Gasteiger charge is 1.98. The first-order valence-electron chi connectivity index (χ1n) is 5.78. The van der Waals surface area contributed by atoms with Crippen LogP contribution < -0.4 is 4.72 Å². The zero-order valence-corrected chi connectivity index (χ0v) is 11.6. The fourth-order valence-corrected chi connectivity index (χ4v) is 2.73. The Morgan fingerprint density at radius 3 is 2.53 bits per heavy atom. The molecular weight excluding hydrogens is 246 g/mol. The van der Waals surface area contributed by atoms with Gasteiger partial charge >= 0.3 is 0 Å². The van der Waals surface area contributed by atoms with Gasteiger partial charge in [-0.3, -0.25) is 4.72 Å². The molecule has 17 heavy (non-hydrogen) atoms. The van der Waals surface area contributed by atoms with Crippen molar-refractivity contribution in [3.8, 4) is 0 Å². The first-order valence-corrected chi connectivity index (χ1v) is 7.82. The minimum absolute atomic E-state index is 0.936. The SMILES string of the molecule is CSc1ccc(SNCC2=CCCC=C2)cc1. The summed E-state index contributed by atoms with van der Waals surface area (Å²) in [6.45, 7) is 0.936. The molecule has 0 fully saturated rings. The minimum atomic E-state index is 0.936. The molecule has 1 aliphatic carbocycles. The normalized spacial score (nSPS) is 14.8. The number of rotatable bonds is 5. The third-order valence-corrected chi connectivity index (χ3v) is 4.14. The molecule has 0 unspecified atom stereocenters. The van der Waals surface area contributed by atoms with Crippen LogP contribution in [-0.2, 0) is 0 Å². The van der Waals surface area contributed by atoms with E-state index in [1.54, 1.807) is 23.7 Å². The fourth-order valence-electron chi connectivity index (χ4n) is 1.65. The van der Waals surface area contributed by atoms with Gasteiger partial charge in [0.05, 0.1) is 0 Å². The molecule has 0 heterocycles. The van der Waals surface area contributed by atoms with Gasteiger partial charge in [-0.1, -0.05) is 18.2 Å². The Morgan fingerprint density at radius 2 is 1.88 bits per heavy atom. The van der Waals surface area contributed by atoms with Gasteiger partial charge in [0.1, 0.15) is 0 Å². The predicted molar refractivity (Wildman–Crippen MR) is 78.5 cm³/mol. The van der Waals surface area contributed by atoms with Crippen LogP contribution in [0.3, 0.4) is 0 Å². The summed E-state index contributed by atoms with van der Waals surface area (Å²) >= 11 is 3.48. The lowest BCUT2D eigenvalue weighted by atomic mass is 10.1. The van der Waals surface area contributed by atoms with Crippen LogP contribution in [0.2, 0.25) is 0 Å². The van der Waals surface area contributed by atoms with E-state index in [0.29, 0.717) is 0 Å². The van der Waals surface area contributed by atoms with Crippen molar-refractivity contribution in [3.05, 3.63) is 48.1 Å². The summed E-state index contributed by atoms with van der Waals surface area (Å²) in [5.41, 5.74) is 1.39. The molecule has 0 aromatic heterocycles. The number of hydrogen-bond acceptors (Lipinski definition) is 3. The van der Waals surface area contributed by atoms with E-state index in [1.807, 2.05) is 0 Å². The third kappa shape index (κ3) is 4.26. The van der Waals surface area contributed by atoms with Crippen molar-refractivity contribution < 1.29 is 0 Å². The quantitative estimate of drug-likeness (QED) is 0.629. The molecular formula is C14H17NS2. The van der Waals surface area contributed by atoms with Crippen LogP contribution in [0.5, 0.6) is 0 Å². The smallest absolute Gasteiger partial charge is 0.0309 e. The Bertz CT molecular complexity index is 407. The summed E-state index contributed by atoms with van der Waals surface area (Å²) in [4.78, 5) is 2.58. The van der Waals surface area contributed by atoms with Crippen molar-refractivity contribution in [1.29, 1.82) is 0 Å². The van der Waals surface area contributed by atoms with Gasteiger partial charge in [0.15, 0.2) is 0 Å². The van der Waals surface area contributed by atoms with E-state index in [0.717, 1.165) is 6.54 Å². The predicted octanol–water partition coefficient (Wildman–Crippen LogP) is 4.28. The maximum atomic E-state index is 3.40. The van der Waals surface area contributed by atoms with E-state index < -0.39 is 0 Å². The number of hydrogen-bond donors (Lipinski definition) is 1. The van der Waals surface area contributed by atoms with Crippen LogP contribution in [0.4, 0.5) is 0 Å². The molecule has 1 aromatic carbocycles. The molecule has 1 aromatic rings. The summed E-state index contributed by atoms with van der Waals surface area (Å²) in [5, 5.41) is 0. The van der Waals surface area contributed by atoms with E-state index in [2.05, 4.69) is 53.5 Å². The van der Waals surface area contributed by atoms with Crippen molar-refractivity contribution in [2.24, 2.45) is 0 Å². The van der Waals surface area contributed by atoms with E-state index in [1.165, 1.54) is 28.2 Å². The van der Waals surface area contributed by atoms with Gasteiger partial charge in [-0.25, -0.2) is 0 Å². The Kier molecular flexibility index (Phi) is 5.23. The number of thioether (sulfide) groups is 1. The summed E-state index contributed by atoms with van der Waals surface area (Å²) in [6.07, 6.45) is 11.2. The lowest BCUT2D eigenvalue weighted by molar-refractivity contribution is 0.975. The molecule has 0 radical (unpaired) electrons. The second-order valence-electron chi connectivity index (χ2n) is 3.86. The zero-order valence-electron chi connectivity index (χ0n) is 9.98. The Morgan fingerprint density at radius 1 is 1.12 bits per heavy atom. The molecule has 0 aliphatic heterocycles. The first-order chi connectivity index (χ1) is 8.38. The van der Waals surface area contributed by atoms with Crippen molar-refractivity contribution in [3.63, 3.8) is 0 Å². The summed E-state index contributed by atoms with van der Waals surface area (Å²) in [7, 11) is 0. The van der Waals surface area contributed by atoms with E-state index in [4.69, 9.17) is 0 Å². The second-order valence-corrected chi connectivity index (χ2v) is 5.70. The molecule has 0 atom stereocenters. The molecule has 1 nitrogen and oxygen atoms in total. The van der Waals surface area contributed by atoms with Crippen molar-refractivity contribution in [1.82, 2.24) is 4.72 Å². The van der Waals surface area contributed by atoms with Crippen molar-refractivity contribution >= 4 is 23.7 Å². The van der Waals surface area contributed by atoms with Crippen LogP contribution in [0.1, 0.15) is 12.8 Å². The molecule has 1 N–H and O–H groups in total. The Hall–Kier alpha value is -0.640. The van der Waals surface area contributed by atoms with Gasteiger partial charge in [-0.05, 0) is 60.9 Å². The molecule has 0 spiro atoms. The van der Waals surface area contributed by atoms with Gasteiger partial charge in [0, 0.05) is 16.3 Å². The largest absolute Gasteiger partial charge is 0.255 e. The fraction of sp³-hybridized carbons (Fsp3) is 0.286. The summed E-state index contributed by atoms with van der Waals surface area (Å²) in [5.74, 6) is 0. The number of benzene rings is 1. The lowest BCUT2D eigenvalue weighted by Gasteiger charge is -2.08. The van der Waals surface area contributed by atoms with Crippen LogP contribution in [0, 0.1) is 0 Å². The topological polar surface area (TPSA) is 12.0 Å². The number of nitrogens with one attached hydrogen (secondary N) is 1. The summed E-state index contributed by atoms with van der Waals surface area (Å²) < 4.78 is 3.40. The zero-order chi connectivity index (χ0) is 11.9. The highest BCUT2D eigenvalue weighted by atomic mass is 32.2. The molecule has 0 amide bonds. The van der Waals surface area contributed by atoms with Crippen LogP contribution in [0.15, 0.2) is 57.9 Å². The van der Waals surface area contributed by atoms with Crippen LogP contribution in [0.25, 0.3) is 0 Å². The average Bonchev–Trinajstić information content (AvgIpc) is 2.41. The molecule has 90 valence electrons. The molecule has 0 saturated heterocycles. The standard InChI is InChI=1S/C14H17NS2/c1-16-13-7-9-14(10-8-13)17-15-11-12-5-3-2-4-6-12/h3,5-10,15H,2,4,11H2,1H3. The minimum Gasteiger partial charge on any atom is -0.255 e. The monoisotopic (exact) mass is 263 g/mol. The number of allylic oxidation sites excluding steroid dienone is 2. The lowest BCUT2D eigenvalue weighted by Crippen LogP contribution is -2.07. The highest BCUT2D eigenvalue weighted by Crippen LogP contribution is 2.20. The second kappa shape index (κ2) is 6.94. The van der Waals surface area contributed by atoms with Crippen LogP contribution >= 0.6 is 23.7 Å². The van der Waals surface area contributed by atoms with Gasteiger partial charge < -0.3 is 0 Å². The molecule has 0 bridgehead atoms. The van der Waals surface area contributed by atoms with E-state index in [-0.39, 0.29) is 0 Å². The highest BCUT2D eigenvalue weighted by molar-refractivity contribution is 7.98. The van der Waals surface area contributed by atoms with Gasteiger partial charge in [0.25, 0.3) is 0 Å². The molecule has 3 heteroatoms.